The van der Waals surface area contributed by atoms with Gasteiger partial charge in [-0.3, -0.25) is 9.59 Å². The van der Waals surface area contributed by atoms with Gasteiger partial charge >= 0.3 is 11.9 Å². The Kier molecular flexibility index (Phi) is 7.42. The maximum atomic E-state index is 11.9. The number of unbranched alkanes of at least 4 members (excludes halogenated alkanes) is 1. The van der Waals surface area contributed by atoms with E-state index in [9.17, 15) is 14.7 Å². The van der Waals surface area contributed by atoms with Crippen molar-refractivity contribution in [3.05, 3.63) is 12.2 Å². The molecule has 0 aromatic heterocycles. The summed E-state index contributed by atoms with van der Waals surface area (Å²) in [4.78, 5) is 23.1. The quantitative estimate of drug-likeness (QED) is 0.437. The third kappa shape index (κ3) is 7.65. The van der Waals surface area contributed by atoms with E-state index in [1.807, 2.05) is 19.1 Å². The van der Waals surface area contributed by atoms with Crippen LogP contribution in [0, 0.1) is 11.8 Å². The second-order valence-corrected chi connectivity index (χ2v) is 5.77. The summed E-state index contributed by atoms with van der Waals surface area (Å²) in [6.07, 6.45) is 6.01. The van der Waals surface area contributed by atoms with E-state index in [2.05, 4.69) is 0 Å². The number of carbonyl (C=O) groups is 2. The Hall–Kier alpha value is -1.32. The standard InChI is InChI=1S/C15H26O4/c1-6-7-8-9-10-12(13(16)17)11(2)14(18)19-15(3,4)5/h6-7,11-12H,8-10H2,1-5H3,(H,16,17). The van der Waals surface area contributed by atoms with E-state index in [-0.39, 0.29) is 0 Å². The van der Waals surface area contributed by atoms with Gasteiger partial charge in [-0.05, 0) is 47.0 Å². The number of aliphatic carboxylic acids is 1. The zero-order valence-corrected chi connectivity index (χ0v) is 12.6. The molecule has 0 aliphatic rings. The molecule has 4 heteroatoms. The molecule has 1 N–H and O–H groups in total. The first-order valence-electron chi connectivity index (χ1n) is 6.76. The predicted molar refractivity (Wildman–Crippen MR) is 74.8 cm³/mol. The fraction of sp³-hybridized carbons (Fsp3) is 0.733. The Morgan fingerprint density at radius 1 is 1.32 bits per heavy atom. The predicted octanol–water partition coefficient (Wildman–Crippen LogP) is 3.41. The van der Waals surface area contributed by atoms with Crippen LogP contribution < -0.4 is 0 Å². The molecule has 19 heavy (non-hydrogen) atoms. The highest BCUT2D eigenvalue weighted by molar-refractivity contribution is 5.81. The van der Waals surface area contributed by atoms with Gasteiger partial charge in [-0.2, -0.15) is 0 Å². The molecule has 0 heterocycles. The minimum atomic E-state index is -0.932. The largest absolute Gasteiger partial charge is 0.481 e. The molecule has 0 rings (SSSR count). The molecule has 0 amide bonds. The van der Waals surface area contributed by atoms with Gasteiger partial charge in [0.15, 0.2) is 0 Å². The van der Waals surface area contributed by atoms with Crippen molar-refractivity contribution in [1.82, 2.24) is 0 Å². The van der Waals surface area contributed by atoms with Gasteiger partial charge in [0.05, 0.1) is 11.8 Å². The Balaban J connectivity index is 4.52. The second kappa shape index (κ2) is 7.97. The van der Waals surface area contributed by atoms with E-state index in [4.69, 9.17) is 4.74 Å². The number of hydrogen-bond acceptors (Lipinski definition) is 3. The normalized spacial score (nSPS) is 15.2. The molecule has 0 spiro atoms. The molecule has 2 unspecified atom stereocenters. The second-order valence-electron chi connectivity index (χ2n) is 5.77. The van der Waals surface area contributed by atoms with Gasteiger partial charge in [0.1, 0.15) is 5.60 Å². The first kappa shape index (κ1) is 17.7. The molecule has 2 atom stereocenters. The van der Waals surface area contributed by atoms with Gasteiger partial charge in [-0.25, -0.2) is 0 Å². The van der Waals surface area contributed by atoms with Crippen LogP contribution in [0.25, 0.3) is 0 Å². The molecule has 0 aliphatic heterocycles. The number of carboxylic acid groups (broad SMARTS) is 1. The third-order valence-electron chi connectivity index (χ3n) is 2.82. The van der Waals surface area contributed by atoms with Crippen LogP contribution in [0.1, 0.15) is 53.9 Å². The summed E-state index contributed by atoms with van der Waals surface area (Å²) in [5, 5.41) is 9.22. The van der Waals surface area contributed by atoms with Crippen molar-refractivity contribution in [3.63, 3.8) is 0 Å². The summed E-state index contributed by atoms with van der Waals surface area (Å²) < 4.78 is 5.24. The van der Waals surface area contributed by atoms with E-state index < -0.39 is 29.4 Å². The maximum absolute atomic E-state index is 11.9. The van der Waals surface area contributed by atoms with Crippen LogP contribution in [0.15, 0.2) is 12.2 Å². The number of hydrogen-bond donors (Lipinski definition) is 1. The lowest BCUT2D eigenvalue weighted by Crippen LogP contribution is -2.34. The van der Waals surface area contributed by atoms with E-state index >= 15 is 0 Å². The number of carboxylic acids is 1. The minimum absolute atomic E-state index is 0.439. The lowest BCUT2D eigenvalue weighted by molar-refractivity contribution is -0.166. The summed E-state index contributed by atoms with van der Waals surface area (Å²) in [5.41, 5.74) is -0.584. The first-order valence-corrected chi connectivity index (χ1v) is 6.76. The van der Waals surface area contributed by atoms with Crippen LogP contribution in [0.3, 0.4) is 0 Å². The van der Waals surface area contributed by atoms with E-state index in [0.29, 0.717) is 6.42 Å². The van der Waals surface area contributed by atoms with Gasteiger partial charge in [0.25, 0.3) is 0 Å². The van der Waals surface area contributed by atoms with Gasteiger partial charge in [-0.15, -0.1) is 0 Å². The smallest absolute Gasteiger partial charge is 0.310 e. The van der Waals surface area contributed by atoms with Crippen LogP contribution >= 0.6 is 0 Å². The van der Waals surface area contributed by atoms with Crippen LogP contribution in [-0.4, -0.2) is 22.6 Å². The van der Waals surface area contributed by atoms with Gasteiger partial charge < -0.3 is 9.84 Å². The van der Waals surface area contributed by atoms with E-state index in [1.54, 1.807) is 27.7 Å². The van der Waals surface area contributed by atoms with Gasteiger partial charge in [0, 0.05) is 0 Å². The molecular weight excluding hydrogens is 244 g/mol. The summed E-state index contributed by atoms with van der Waals surface area (Å²) in [6.45, 7) is 8.89. The van der Waals surface area contributed by atoms with Crippen molar-refractivity contribution in [2.45, 2.75) is 59.5 Å². The zero-order chi connectivity index (χ0) is 15.1. The van der Waals surface area contributed by atoms with Gasteiger partial charge in [-0.1, -0.05) is 19.1 Å². The Morgan fingerprint density at radius 2 is 1.89 bits per heavy atom. The van der Waals surface area contributed by atoms with Gasteiger partial charge in [0.2, 0.25) is 0 Å². The first-order chi connectivity index (χ1) is 8.69. The lowest BCUT2D eigenvalue weighted by atomic mass is 9.89. The summed E-state index contributed by atoms with van der Waals surface area (Å²) in [6, 6.07) is 0. The average Bonchev–Trinajstić information content (AvgIpc) is 2.25. The monoisotopic (exact) mass is 270 g/mol. The fourth-order valence-corrected chi connectivity index (χ4v) is 1.77. The highest BCUT2D eigenvalue weighted by atomic mass is 16.6. The molecule has 0 bridgehead atoms. The number of carbonyl (C=O) groups excluding carboxylic acids is 1. The number of rotatable bonds is 7. The lowest BCUT2D eigenvalue weighted by Gasteiger charge is -2.25. The molecule has 110 valence electrons. The summed E-state index contributed by atoms with van der Waals surface area (Å²) >= 11 is 0. The molecule has 0 fully saturated rings. The molecule has 4 nitrogen and oxygen atoms in total. The molecule has 0 aliphatic carbocycles. The summed E-state index contributed by atoms with van der Waals surface area (Å²) in [7, 11) is 0. The maximum Gasteiger partial charge on any atom is 0.310 e. The number of ether oxygens (including phenoxy) is 1. The van der Waals surface area contributed by atoms with Crippen molar-refractivity contribution in [2.75, 3.05) is 0 Å². The zero-order valence-electron chi connectivity index (χ0n) is 12.6. The van der Waals surface area contributed by atoms with E-state index in [0.717, 1.165) is 12.8 Å². The van der Waals surface area contributed by atoms with Crippen molar-refractivity contribution >= 4 is 11.9 Å². The molecule has 0 aromatic carbocycles. The average molecular weight is 270 g/mol. The van der Waals surface area contributed by atoms with Crippen molar-refractivity contribution in [3.8, 4) is 0 Å². The van der Waals surface area contributed by atoms with Crippen molar-refractivity contribution in [1.29, 1.82) is 0 Å². The van der Waals surface area contributed by atoms with Crippen LogP contribution in [0.4, 0.5) is 0 Å². The highest BCUT2D eigenvalue weighted by Crippen LogP contribution is 2.22. The Labute approximate surface area is 115 Å². The number of allylic oxidation sites excluding steroid dienone is 2. The minimum Gasteiger partial charge on any atom is -0.481 e. The van der Waals surface area contributed by atoms with Crippen molar-refractivity contribution < 1.29 is 19.4 Å². The number of esters is 1. The fourth-order valence-electron chi connectivity index (χ4n) is 1.77. The SMILES string of the molecule is CC=CCCCC(C(=O)O)C(C)C(=O)OC(C)(C)C. The van der Waals surface area contributed by atoms with E-state index in [1.165, 1.54) is 0 Å². The highest BCUT2D eigenvalue weighted by Gasteiger charge is 2.32. The topological polar surface area (TPSA) is 63.6 Å². The third-order valence-corrected chi connectivity index (χ3v) is 2.82. The molecule has 0 saturated heterocycles. The van der Waals surface area contributed by atoms with Crippen molar-refractivity contribution in [2.24, 2.45) is 11.8 Å². The molecular formula is C15H26O4. The Morgan fingerprint density at radius 3 is 2.32 bits per heavy atom. The van der Waals surface area contributed by atoms with Crippen LogP contribution in [0.5, 0.6) is 0 Å². The Bertz CT molecular complexity index is 326. The summed E-state index contributed by atoms with van der Waals surface area (Å²) in [5.74, 6) is -2.67. The molecule has 0 aromatic rings. The van der Waals surface area contributed by atoms with Crippen LogP contribution in [-0.2, 0) is 14.3 Å². The van der Waals surface area contributed by atoms with Crippen LogP contribution in [0.2, 0.25) is 0 Å². The molecule has 0 radical (unpaired) electrons. The molecule has 0 saturated carbocycles.